The molecule has 0 radical (unpaired) electrons. The van der Waals surface area contributed by atoms with Crippen molar-refractivity contribution in [2.24, 2.45) is 0 Å². The van der Waals surface area contributed by atoms with Crippen LogP contribution in [0.3, 0.4) is 0 Å². The van der Waals surface area contributed by atoms with Crippen molar-refractivity contribution < 1.29 is 14.3 Å². The third-order valence-corrected chi connectivity index (χ3v) is 4.12. The summed E-state index contributed by atoms with van der Waals surface area (Å²) in [4.78, 5) is 23.7. The van der Waals surface area contributed by atoms with E-state index in [0.29, 0.717) is 30.7 Å². The lowest BCUT2D eigenvalue weighted by atomic mass is 9.87. The Balaban J connectivity index is 1.78. The minimum Gasteiger partial charge on any atom is -0.494 e. The van der Waals surface area contributed by atoms with Crippen molar-refractivity contribution in [3.05, 3.63) is 59.7 Å². The highest BCUT2D eigenvalue weighted by molar-refractivity contribution is 6.03. The molecule has 0 saturated carbocycles. The minimum atomic E-state index is -0.120. The molecule has 1 N–H and O–H groups in total. The monoisotopic (exact) mass is 353 g/mol. The molecule has 0 aromatic heterocycles. The quantitative estimate of drug-likeness (QED) is 0.564. The molecular weight excluding hydrogens is 326 g/mol. The van der Waals surface area contributed by atoms with E-state index in [1.165, 1.54) is 12.5 Å². The molecule has 0 atom stereocenters. The maximum absolute atomic E-state index is 12.1. The Morgan fingerprint density at radius 2 is 1.65 bits per heavy atom. The predicted molar refractivity (Wildman–Crippen MR) is 105 cm³/mol. The topological polar surface area (TPSA) is 55.4 Å². The molecular formula is C22H27NO3. The Labute approximate surface area is 155 Å². The number of ketones is 1. The summed E-state index contributed by atoms with van der Waals surface area (Å²) in [5.41, 5.74) is 2.46. The number of ether oxygens (including phenoxy) is 1. The van der Waals surface area contributed by atoms with Crippen LogP contribution in [0.25, 0.3) is 0 Å². The average Bonchev–Trinajstić information content (AvgIpc) is 2.58. The lowest BCUT2D eigenvalue weighted by molar-refractivity contribution is -0.116. The number of nitrogens with one attached hydrogen (secondary N) is 1. The Hall–Kier alpha value is -2.62. The van der Waals surface area contributed by atoms with Crippen molar-refractivity contribution >= 4 is 17.4 Å². The summed E-state index contributed by atoms with van der Waals surface area (Å²) in [6.07, 6.45) is 0.946. The van der Waals surface area contributed by atoms with Crippen molar-refractivity contribution in [1.82, 2.24) is 0 Å². The Bertz CT molecular complexity index is 758. The van der Waals surface area contributed by atoms with Gasteiger partial charge in [-0.05, 0) is 48.6 Å². The van der Waals surface area contributed by atoms with Crippen LogP contribution < -0.4 is 10.1 Å². The molecule has 0 aliphatic rings. The predicted octanol–water partition coefficient (Wildman–Crippen LogP) is 4.98. The summed E-state index contributed by atoms with van der Waals surface area (Å²) < 4.78 is 5.70. The van der Waals surface area contributed by atoms with Gasteiger partial charge < -0.3 is 10.1 Å². The molecule has 0 aliphatic heterocycles. The number of anilines is 1. The Morgan fingerprint density at radius 1 is 1.00 bits per heavy atom. The zero-order chi connectivity index (χ0) is 19.2. The molecule has 2 rings (SSSR count). The molecule has 4 nitrogen and oxygen atoms in total. The van der Waals surface area contributed by atoms with Crippen LogP contribution >= 0.6 is 0 Å². The van der Waals surface area contributed by atoms with Gasteiger partial charge in [-0.2, -0.15) is 0 Å². The third-order valence-electron chi connectivity index (χ3n) is 4.12. The summed E-state index contributed by atoms with van der Waals surface area (Å²) >= 11 is 0. The van der Waals surface area contributed by atoms with E-state index >= 15 is 0 Å². The highest BCUT2D eigenvalue weighted by Crippen LogP contribution is 2.24. The van der Waals surface area contributed by atoms with Gasteiger partial charge in [0.1, 0.15) is 5.75 Å². The van der Waals surface area contributed by atoms with E-state index in [9.17, 15) is 9.59 Å². The van der Waals surface area contributed by atoms with Gasteiger partial charge in [-0.25, -0.2) is 0 Å². The number of carbonyl (C=O) groups is 2. The number of hydrogen-bond acceptors (Lipinski definition) is 3. The third kappa shape index (κ3) is 5.73. The summed E-state index contributed by atoms with van der Waals surface area (Å²) in [7, 11) is 0. The second-order valence-electron chi connectivity index (χ2n) is 7.38. The zero-order valence-corrected chi connectivity index (χ0v) is 16.0. The molecule has 2 aromatic carbocycles. The number of Topliss-reactive ketones (excluding diaryl/α,β-unsaturated/α-hetero) is 1. The van der Waals surface area contributed by atoms with Gasteiger partial charge in [0, 0.05) is 12.0 Å². The maximum atomic E-state index is 12.1. The largest absolute Gasteiger partial charge is 0.494 e. The van der Waals surface area contributed by atoms with Gasteiger partial charge in [-0.3, -0.25) is 9.59 Å². The van der Waals surface area contributed by atoms with Crippen LogP contribution in [0.4, 0.5) is 5.69 Å². The minimum absolute atomic E-state index is 0.0667. The first-order valence-corrected chi connectivity index (χ1v) is 8.90. The lowest BCUT2D eigenvalue weighted by Gasteiger charge is -2.19. The van der Waals surface area contributed by atoms with Crippen LogP contribution in [0.1, 0.15) is 56.5 Å². The molecule has 0 aliphatic carbocycles. The second-order valence-corrected chi connectivity index (χ2v) is 7.38. The van der Waals surface area contributed by atoms with E-state index in [2.05, 4.69) is 38.2 Å². The molecule has 0 heterocycles. The molecule has 0 unspecified atom stereocenters. The summed E-state index contributed by atoms with van der Waals surface area (Å²) in [6.45, 7) is 8.48. The van der Waals surface area contributed by atoms with E-state index in [4.69, 9.17) is 4.74 Å². The SMILES string of the molecule is CC(=O)c1ccccc1NC(=O)CCCOc1ccc(C(C)(C)C)cc1. The molecule has 2 aromatic rings. The van der Waals surface area contributed by atoms with Crippen molar-refractivity contribution in [1.29, 1.82) is 0 Å². The summed E-state index contributed by atoms with van der Waals surface area (Å²) in [5, 5.41) is 2.80. The van der Waals surface area contributed by atoms with Gasteiger partial charge in [0.25, 0.3) is 0 Å². The maximum Gasteiger partial charge on any atom is 0.224 e. The van der Waals surface area contributed by atoms with E-state index in [1.54, 1.807) is 24.3 Å². The fourth-order valence-electron chi connectivity index (χ4n) is 2.59. The van der Waals surface area contributed by atoms with E-state index in [-0.39, 0.29) is 17.1 Å². The second kappa shape index (κ2) is 8.65. The average molecular weight is 353 g/mol. The first-order chi connectivity index (χ1) is 12.3. The number of amides is 1. The van der Waals surface area contributed by atoms with Gasteiger partial charge in [-0.15, -0.1) is 0 Å². The normalized spacial score (nSPS) is 11.1. The molecule has 0 fully saturated rings. The molecule has 138 valence electrons. The van der Waals surface area contributed by atoms with E-state index in [0.717, 1.165) is 5.75 Å². The molecule has 0 spiro atoms. The van der Waals surface area contributed by atoms with Gasteiger partial charge in [0.05, 0.1) is 12.3 Å². The summed E-state index contributed by atoms with van der Waals surface area (Å²) in [5.74, 6) is 0.619. The molecule has 1 amide bonds. The van der Waals surface area contributed by atoms with Gasteiger partial charge in [0.2, 0.25) is 5.91 Å². The molecule has 0 bridgehead atoms. The standard InChI is InChI=1S/C22H27NO3/c1-16(24)19-8-5-6-9-20(19)23-21(25)10-7-15-26-18-13-11-17(12-14-18)22(2,3)4/h5-6,8-9,11-14H,7,10,15H2,1-4H3,(H,23,25). The lowest BCUT2D eigenvalue weighted by Crippen LogP contribution is -2.15. The van der Waals surface area contributed by atoms with Crippen LogP contribution in [0.5, 0.6) is 5.75 Å². The first kappa shape index (κ1) is 19.7. The van der Waals surface area contributed by atoms with Crippen molar-refractivity contribution in [2.45, 2.75) is 46.0 Å². The molecule has 4 heteroatoms. The van der Waals surface area contributed by atoms with Crippen LogP contribution in [-0.4, -0.2) is 18.3 Å². The van der Waals surface area contributed by atoms with Crippen LogP contribution in [0.2, 0.25) is 0 Å². The smallest absolute Gasteiger partial charge is 0.224 e. The number of para-hydroxylation sites is 1. The van der Waals surface area contributed by atoms with Gasteiger partial charge in [-0.1, -0.05) is 45.0 Å². The number of carbonyl (C=O) groups excluding carboxylic acids is 2. The van der Waals surface area contributed by atoms with Crippen LogP contribution in [0.15, 0.2) is 48.5 Å². The number of benzene rings is 2. The van der Waals surface area contributed by atoms with Gasteiger partial charge in [0.15, 0.2) is 5.78 Å². The first-order valence-electron chi connectivity index (χ1n) is 8.90. The van der Waals surface area contributed by atoms with Crippen LogP contribution in [-0.2, 0) is 10.2 Å². The Morgan fingerprint density at radius 3 is 2.27 bits per heavy atom. The van der Waals surface area contributed by atoms with Crippen molar-refractivity contribution in [3.8, 4) is 5.75 Å². The van der Waals surface area contributed by atoms with Gasteiger partial charge >= 0.3 is 0 Å². The highest BCUT2D eigenvalue weighted by atomic mass is 16.5. The van der Waals surface area contributed by atoms with Crippen molar-refractivity contribution in [3.63, 3.8) is 0 Å². The number of hydrogen-bond donors (Lipinski definition) is 1. The summed E-state index contributed by atoms with van der Waals surface area (Å²) in [6, 6.07) is 15.1. The van der Waals surface area contributed by atoms with Crippen LogP contribution in [0, 0.1) is 0 Å². The van der Waals surface area contributed by atoms with E-state index < -0.39 is 0 Å². The zero-order valence-electron chi connectivity index (χ0n) is 16.0. The highest BCUT2D eigenvalue weighted by Gasteiger charge is 2.13. The Kier molecular flexibility index (Phi) is 6.56. The fraction of sp³-hybridized carbons (Fsp3) is 0.364. The molecule has 0 saturated heterocycles. The van der Waals surface area contributed by atoms with Crippen molar-refractivity contribution in [2.75, 3.05) is 11.9 Å². The fourth-order valence-corrected chi connectivity index (χ4v) is 2.59. The number of rotatable bonds is 7. The van der Waals surface area contributed by atoms with E-state index in [1.807, 2.05) is 12.1 Å². The molecule has 26 heavy (non-hydrogen) atoms.